The third kappa shape index (κ3) is 2.80. The van der Waals surface area contributed by atoms with Gasteiger partial charge in [0.05, 0.1) is 0 Å². The molecule has 0 saturated heterocycles. The van der Waals surface area contributed by atoms with Gasteiger partial charge in [0, 0.05) is 18.3 Å². The van der Waals surface area contributed by atoms with Crippen molar-refractivity contribution in [1.29, 1.82) is 0 Å². The molecule has 0 saturated carbocycles. The fourth-order valence-corrected chi connectivity index (χ4v) is 2.14. The number of tetrazole rings is 1. The Morgan fingerprint density at radius 2 is 2.00 bits per heavy atom. The van der Waals surface area contributed by atoms with E-state index < -0.39 is 0 Å². The van der Waals surface area contributed by atoms with E-state index in [1.165, 1.54) is 4.80 Å². The topological polar surface area (TPSA) is 68.5 Å². The molecule has 2 heterocycles. The minimum Gasteiger partial charge on any atom is -0.316 e. The lowest BCUT2D eigenvalue weighted by molar-refractivity contribution is 0.693. The Morgan fingerprint density at radius 3 is 2.71 bits per heavy atom. The summed E-state index contributed by atoms with van der Waals surface area (Å²) in [5, 5.41) is 15.7. The summed E-state index contributed by atoms with van der Waals surface area (Å²) in [5.74, 6) is 1.29. The first-order valence-electron chi connectivity index (χ1n) is 6.74. The van der Waals surface area contributed by atoms with Crippen LogP contribution in [0, 0.1) is 6.92 Å². The number of aryl methyl sites for hydroxylation is 1. The number of pyridine rings is 1. The largest absolute Gasteiger partial charge is 0.316 e. The zero-order valence-electron chi connectivity index (χ0n) is 12.0. The molecule has 2 aromatic heterocycles. The van der Waals surface area contributed by atoms with E-state index in [1.54, 1.807) is 0 Å². The van der Waals surface area contributed by atoms with Gasteiger partial charge in [-0.3, -0.25) is 0 Å². The number of nitrogens with one attached hydrogen (secondary N) is 1. The third-order valence-corrected chi connectivity index (χ3v) is 3.12. The van der Waals surface area contributed by atoms with Crippen LogP contribution in [0.1, 0.15) is 11.1 Å². The summed E-state index contributed by atoms with van der Waals surface area (Å²) >= 11 is 0. The molecule has 0 fully saturated rings. The first kappa shape index (κ1) is 13.4. The monoisotopic (exact) mass is 280 g/mol. The molecule has 0 radical (unpaired) electrons. The van der Waals surface area contributed by atoms with Gasteiger partial charge in [0.2, 0.25) is 5.82 Å². The van der Waals surface area contributed by atoms with Crippen molar-refractivity contribution in [3.05, 3.63) is 53.7 Å². The van der Waals surface area contributed by atoms with Crippen molar-refractivity contribution in [2.75, 3.05) is 7.05 Å². The summed E-state index contributed by atoms with van der Waals surface area (Å²) in [4.78, 5) is 5.91. The Morgan fingerprint density at radius 1 is 1.19 bits per heavy atom. The lowest BCUT2D eigenvalue weighted by Gasteiger charge is -2.05. The Bertz CT molecular complexity index is 735. The van der Waals surface area contributed by atoms with E-state index >= 15 is 0 Å². The van der Waals surface area contributed by atoms with Crippen molar-refractivity contribution >= 4 is 0 Å². The zero-order valence-corrected chi connectivity index (χ0v) is 12.0. The highest BCUT2D eigenvalue weighted by Gasteiger charge is 2.10. The summed E-state index contributed by atoms with van der Waals surface area (Å²) < 4.78 is 0. The zero-order chi connectivity index (χ0) is 14.7. The number of benzene rings is 1. The molecule has 0 aliphatic carbocycles. The summed E-state index contributed by atoms with van der Waals surface area (Å²) in [7, 11) is 1.91. The molecule has 3 rings (SSSR count). The second-order valence-corrected chi connectivity index (χ2v) is 4.78. The average molecular weight is 280 g/mol. The van der Waals surface area contributed by atoms with Crippen LogP contribution in [0.5, 0.6) is 0 Å². The van der Waals surface area contributed by atoms with E-state index in [0.717, 1.165) is 23.2 Å². The fourth-order valence-electron chi connectivity index (χ4n) is 2.14. The van der Waals surface area contributed by atoms with E-state index in [9.17, 15) is 0 Å². The van der Waals surface area contributed by atoms with E-state index in [1.807, 2.05) is 50.5 Å². The predicted molar refractivity (Wildman–Crippen MR) is 79.9 cm³/mol. The maximum absolute atomic E-state index is 4.43. The Balaban J connectivity index is 1.93. The maximum atomic E-state index is 4.43. The number of hydrogen-bond donors (Lipinski definition) is 1. The highest BCUT2D eigenvalue weighted by Crippen LogP contribution is 2.15. The normalized spacial score (nSPS) is 10.8. The molecule has 6 heteroatoms. The lowest BCUT2D eigenvalue weighted by atomic mass is 10.2. The van der Waals surface area contributed by atoms with Gasteiger partial charge in [-0.15, -0.1) is 15.0 Å². The molecular weight excluding hydrogens is 264 g/mol. The molecule has 0 amide bonds. The minimum absolute atomic E-state index is 0.594. The smallest absolute Gasteiger partial charge is 0.205 e. The van der Waals surface area contributed by atoms with E-state index in [-0.39, 0.29) is 0 Å². The van der Waals surface area contributed by atoms with Crippen molar-refractivity contribution in [1.82, 2.24) is 30.5 Å². The molecule has 0 aliphatic heterocycles. The maximum Gasteiger partial charge on any atom is 0.205 e. The van der Waals surface area contributed by atoms with Crippen molar-refractivity contribution in [3.8, 4) is 17.2 Å². The van der Waals surface area contributed by atoms with Crippen LogP contribution in [0.25, 0.3) is 17.2 Å². The second-order valence-electron chi connectivity index (χ2n) is 4.78. The van der Waals surface area contributed by atoms with Crippen molar-refractivity contribution in [3.63, 3.8) is 0 Å². The molecule has 1 N–H and O–H groups in total. The van der Waals surface area contributed by atoms with Gasteiger partial charge in [-0.2, -0.15) is 0 Å². The molecule has 21 heavy (non-hydrogen) atoms. The lowest BCUT2D eigenvalue weighted by Crippen LogP contribution is -2.09. The SMILES string of the molecule is CNCc1cnc(-n2nnc(-c3ccccc3)n2)c(C)c1. The number of nitrogens with zero attached hydrogens (tertiary/aromatic N) is 5. The van der Waals surface area contributed by atoms with Gasteiger partial charge in [-0.1, -0.05) is 30.3 Å². The molecule has 0 bridgehead atoms. The summed E-state index contributed by atoms with van der Waals surface area (Å²) in [6.45, 7) is 2.78. The van der Waals surface area contributed by atoms with Crippen LogP contribution in [0.15, 0.2) is 42.6 Å². The van der Waals surface area contributed by atoms with Crippen LogP contribution >= 0.6 is 0 Å². The molecule has 0 spiro atoms. The number of rotatable bonds is 4. The summed E-state index contributed by atoms with van der Waals surface area (Å²) in [6.07, 6.45) is 1.82. The Hall–Kier alpha value is -2.60. The van der Waals surface area contributed by atoms with Crippen LogP contribution in [-0.2, 0) is 6.54 Å². The summed E-state index contributed by atoms with van der Waals surface area (Å²) in [5.41, 5.74) is 3.08. The quantitative estimate of drug-likeness (QED) is 0.788. The number of hydrogen-bond acceptors (Lipinski definition) is 5. The first-order valence-corrected chi connectivity index (χ1v) is 6.74. The van der Waals surface area contributed by atoms with Gasteiger partial charge >= 0.3 is 0 Å². The molecule has 3 aromatic rings. The van der Waals surface area contributed by atoms with E-state index in [4.69, 9.17) is 0 Å². The van der Waals surface area contributed by atoms with Gasteiger partial charge < -0.3 is 5.32 Å². The van der Waals surface area contributed by atoms with Crippen LogP contribution in [0.4, 0.5) is 0 Å². The number of aromatic nitrogens is 5. The molecule has 0 aliphatic rings. The van der Waals surface area contributed by atoms with Crippen LogP contribution in [0.2, 0.25) is 0 Å². The van der Waals surface area contributed by atoms with Gasteiger partial charge in [-0.25, -0.2) is 4.98 Å². The predicted octanol–water partition coefficient (Wildman–Crippen LogP) is 1.75. The van der Waals surface area contributed by atoms with Gasteiger partial charge in [0.15, 0.2) is 5.82 Å². The minimum atomic E-state index is 0.594. The third-order valence-electron chi connectivity index (χ3n) is 3.12. The first-order chi connectivity index (χ1) is 10.3. The summed E-state index contributed by atoms with van der Waals surface area (Å²) in [6, 6.07) is 11.8. The molecule has 106 valence electrons. The average Bonchev–Trinajstić information content (AvgIpc) is 2.98. The van der Waals surface area contributed by atoms with Gasteiger partial charge in [0.25, 0.3) is 0 Å². The molecule has 6 nitrogen and oxygen atoms in total. The van der Waals surface area contributed by atoms with E-state index in [0.29, 0.717) is 11.6 Å². The van der Waals surface area contributed by atoms with Crippen LogP contribution in [0.3, 0.4) is 0 Å². The molecule has 1 aromatic carbocycles. The highest BCUT2D eigenvalue weighted by molar-refractivity contribution is 5.53. The molecular formula is C15H16N6. The molecule has 0 unspecified atom stereocenters. The Labute approximate surface area is 122 Å². The van der Waals surface area contributed by atoms with Crippen LogP contribution < -0.4 is 5.32 Å². The van der Waals surface area contributed by atoms with Crippen molar-refractivity contribution < 1.29 is 0 Å². The standard InChI is InChI=1S/C15H16N6/c1-11-8-12(9-16-2)10-17-15(11)21-19-14(18-20-21)13-6-4-3-5-7-13/h3-8,10,16H,9H2,1-2H3. The van der Waals surface area contributed by atoms with Gasteiger partial charge in [0.1, 0.15) is 0 Å². The highest BCUT2D eigenvalue weighted by atomic mass is 15.6. The Kier molecular flexibility index (Phi) is 3.70. The van der Waals surface area contributed by atoms with Crippen molar-refractivity contribution in [2.24, 2.45) is 0 Å². The van der Waals surface area contributed by atoms with E-state index in [2.05, 4.69) is 31.8 Å². The fraction of sp³-hybridized carbons (Fsp3) is 0.200. The second kappa shape index (κ2) is 5.80. The molecule has 0 atom stereocenters. The van der Waals surface area contributed by atoms with Crippen LogP contribution in [-0.4, -0.2) is 32.2 Å². The van der Waals surface area contributed by atoms with Gasteiger partial charge in [-0.05, 0) is 36.4 Å². The van der Waals surface area contributed by atoms with Crippen molar-refractivity contribution in [2.45, 2.75) is 13.5 Å².